The Kier molecular flexibility index (Phi) is 7.72. The van der Waals surface area contributed by atoms with E-state index in [2.05, 4.69) is 61.6 Å². The molecular formula is C18H26O4P2Si. The SMILES string of the molecule is COP(OC)c1ccc([Si](C)(C)c2ccc(P(OC)OC)cc2)cc1. The lowest BCUT2D eigenvalue weighted by molar-refractivity contribution is 0.350. The monoisotopic (exact) mass is 396 g/mol. The van der Waals surface area contributed by atoms with E-state index in [-0.39, 0.29) is 0 Å². The van der Waals surface area contributed by atoms with Crippen molar-refractivity contribution in [3.8, 4) is 0 Å². The fourth-order valence-corrected chi connectivity index (χ4v) is 7.00. The first-order valence-corrected chi connectivity index (χ1v) is 13.3. The van der Waals surface area contributed by atoms with Crippen LogP contribution in [0.2, 0.25) is 13.1 Å². The molecule has 2 rings (SSSR count). The molecule has 0 N–H and O–H groups in total. The van der Waals surface area contributed by atoms with E-state index in [0.717, 1.165) is 10.6 Å². The van der Waals surface area contributed by atoms with Crippen LogP contribution in [0.25, 0.3) is 0 Å². The zero-order valence-electron chi connectivity index (χ0n) is 15.6. The molecule has 136 valence electrons. The molecule has 0 fully saturated rings. The first-order valence-electron chi connectivity index (χ1n) is 7.95. The van der Waals surface area contributed by atoms with Crippen LogP contribution >= 0.6 is 16.8 Å². The topological polar surface area (TPSA) is 36.9 Å². The summed E-state index contributed by atoms with van der Waals surface area (Å²) in [6, 6.07) is 17.3. The minimum absolute atomic E-state index is 0.980. The van der Waals surface area contributed by atoms with Gasteiger partial charge in [0.25, 0.3) is 0 Å². The van der Waals surface area contributed by atoms with Crippen molar-refractivity contribution in [1.29, 1.82) is 0 Å². The Balaban J connectivity index is 2.25. The summed E-state index contributed by atoms with van der Waals surface area (Å²) >= 11 is 0. The molecular weight excluding hydrogens is 370 g/mol. The lowest BCUT2D eigenvalue weighted by Gasteiger charge is -2.25. The summed E-state index contributed by atoms with van der Waals surface area (Å²) < 4.78 is 21.5. The maximum atomic E-state index is 5.38. The standard InChI is InChI=1S/C18H26O4P2Si/c1-19-23(20-2)15-7-11-17(12-8-15)25(5,6)18-13-9-16(10-14-18)24(21-3)22-4/h7-14H,1-6H3. The van der Waals surface area contributed by atoms with Crippen molar-refractivity contribution in [2.45, 2.75) is 13.1 Å². The fraction of sp³-hybridized carbons (Fsp3) is 0.333. The van der Waals surface area contributed by atoms with Crippen LogP contribution in [0.4, 0.5) is 0 Å². The average Bonchev–Trinajstić information content (AvgIpc) is 2.65. The first-order chi connectivity index (χ1) is 12.0. The molecule has 2 aromatic rings. The van der Waals surface area contributed by atoms with Crippen molar-refractivity contribution in [1.82, 2.24) is 0 Å². The molecule has 0 atom stereocenters. The minimum Gasteiger partial charge on any atom is -0.334 e. The van der Waals surface area contributed by atoms with Gasteiger partial charge in [0.2, 0.25) is 16.8 Å². The Bertz CT molecular complexity index is 596. The maximum absolute atomic E-state index is 5.38. The van der Waals surface area contributed by atoms with E-state index in [4.69, 9.17) is 18.1 Å². The van der Waals surface area contributed by atoms with Gasteiger partial charge in [0, 0.05) is 39.0 Å². The molecule has 0 aromatic heterocycles. The molecule has 0 heterocycles. The molecule has 0 aliphatic carbocycles. The Morgan fingerprint density at radius 2 is 0.840 bits per heavy atom. The Labute approximate surface area is 154 Å². The quantitative estimate of drug-likeness (QED) is 0.508. The van der Waals surface area contributed by atoms with Crippen LogP contribution in [0.5, 0.6) is 0 Å². The van der Waals surface area contributed by atoms with E-state index < -0.39 is 24.8 Å². The number of hydrogen-bond acceptors (Lipinski definition) is 4. The number of benzene rings is 2. The fourth-order valence-electron chi connectivity index (χ4n) is 2.74. The molecule has 4 nitrogen and oxygen atoms in total. The molecule has 0 saturated heterocycles. The largest absolute Gasteiger partial charge is 0.334 e. The van der Waals surface area contributed by atoms with E-state index >= 15 is 0 Å². The maximum Gasteiger partial charge on any atom is 0.204 e. The van der Waals surface area contributed by atoms with Crippen LogP contribution in [0.15, 0.2) is 48.5 Å². The van der Waals surface area contributed by atoms with Crippen molar-refractivity contribution in [2.75, 3.05) is 28.4 Å². The van der Waals surface area contributed by atoms with Crippen LogP contribution in [0, 0.1) is 0 Å². The molecule has 0 unspecified atom stereocenters. The molecule has 2 aromatic carbocycles. The highest BCUT2D eigenvalue weighted by molar-refractivity contribution is 7.56. The van der Waals surface area contributed by atoms with Gasteiger partial charge in [0.05, 0.1) is 0 Å². The Hall–Kier alpha value is -0.643. The van der Waals surface area contributed by atoms with Gasteiger partial charge in [-0.15, -0.1) is 0 Å². The molecule has 25 heavy (non-hydrogen) atoms. The minimum atomic E-state index is -1.76. The van der Waals surface area contributed by atoms with Crippen LogP contribution in [0.3, 0.4) is 0 Å². The third kappa shape index (κ3) is 4.75. The second-order valence-electron chi connectivity index (χ2n) is 5.96. The van der Waals surface area contributed by atoms with Crippen molar-refractivity contribution in [3.63, 3.8) is 0 Å². The average molecular weight is 396 g/mol. The summed E-state index contributed by atoms with van der Waals surface area (Å²) in [6.07, 6.45) is 0. The lowest BCUT2D eigenvalue weighted by atomic mass is 10.3. The summed E-state index contributed by atoms with van der Waals surface area (Å²) in [5.74, 6) is 0. The Morgan fingerprint density at radius 1 is 0.560 bits per heavy atom. The normalized spacial score (nSPS) is 12.2. The van der Waals surface area contributed by atoms with Gasteiger partial charge >= 0.3 is 0 Å². The molecule has 0 saturated carbocycles. The van der Waals surface area contributed by atoms with Gasteiger partial charge in [-0.3, -0.25) is 0 Å². The zero-order valence-corrected chi connectivity index (χ0v) is 18.4. The van der Waals surface area contributed by atoms with Crippen molar-refractivity contribution in [3.05, 3.63) is 48.5 Å². The molecule has 7 heteroatoms. The summed E-state index contributed by atoms with van der Waals surface area (Å²) in [5.41, 5.74) is 0. The molecule has 0 amide bonds. The van der Waals surface area contributed by atoms with Gasteiger partial charge < -0.3 is 18.1 Å². The summed E-state index contributed by atoms with van der Waals surface area (Å²) in [5, 5.41) is 4.95. The van der Waals surface area contributed by atoms with E-state index in [1.165, 1.54) is 10.4 Å². The summed E-state index contributed by atoms with van der Waals surface area (Å²) in [6.45, 7) is 4.73. The first kappa shape index (κ1) is 20.7. The van der Waals surface area contributed by atoms with Crippen molar-refractivity contribution >= 4 is 45.8 Å². The molecule has 0 aliphatic heterocycles. The number of rotatable bonds is 8. The van der Waals surface area contributed by atoms with Crippen molar-refractivity contribution in [2.24, 2.45) is 0 Å². The molecule has 0 bridgehead atoms. The highest BCUT2D eigenvalue weighted by Crippen LogP contribution is 2.35. The number of hydrogen-bond donors (Lipinski definition) is 0. The van der Waals surface area contributed by atoms with E-state index in [0.29, 0.717) is 0 Å². The zero-order chi connectivity index (χ0) is 18.4. The van der Waals surface area contributed by atoms with Gasteiger partial charge in [-0.05, 0) is 0 Å². The second-order valence-corrected chi connectivity index (χ2v) is 13.9. The molecule has 0 aliphatic rings. The highest BCUT2D eigenvalue weighted by atomic mass is 31.2. The van der Waals surface area contributed by atoms with Crippen LogP contribution in [-0.4, -0.2) is 36.5 Å². The van der Waals surface area contributed by atoms with Gasteiger partial charge in [-0.1, -0.05) is 72.0 Å². The van der Waals surface area contributed by atoms with Gasteiger partial charge in [-0.25, -0.2) is 0 Å². The van der Waals surface area contributed by atoms with Gasteiger partial charge in [-0.2, -0.15) is 0 Å². The van der Waals surface area contributed by atoms with E-state index in [9.17, 15) is 0 Å². The van der Waals surface area contributed by atoms with Gasteiger partial charge in [0.15, 0.2) is 0 Å². The molecule has 0 radical (unpaired) electrons. The predicted molar refractivity (Wildman–Crippen MR) is 111 cm³/mol. The Morgan fingerprint density at radius 3 is 1.08 bits per heavy atom. The van der Waals surface area contributed by atoms with Crippen LogP contribution < -0.4 is 21.0 Å². The van der Waals surface area contributed by atoms with Gasteiger partial charge in [0.1, 0.15) is 8.07 Å². The van der Waals surface area contributed by atoms with Crippen LogP contribution in [0.1, 0.15) is 0 Å². The third-order valence-corrected chi connectivity index (χ3v) is 10.6. The van der Waals surface area contributed by atoms with Crippen molar-refractivity contribution < 1.29 is 18.1 Å². The lowest BCUT2D eigenvalue weighted by Crippen LogP contribution is -2.53. The highest BCUT2D eigenvalue weighted by Gasteiger charge is 2.26. The van der Waals surface area contributed by atoms with E-state index in [1.807, 2.05) is 0 Å². The molecule has 0 spiro atoms. The predicted octanol–water partition coefficient (Wildman–Crippen LogP) is 2.97. The second kappa shape index (κ2) is 9.34. The summed E-state index contributed by atoms with van der Waals surface area (Å²) in [7, 11) is 3.00. The van der Waals surface area contributed by atoms with E-state index in [1.54, 1.807) is 28.4 Å². The van der Waals surface area contributed by atoms with Crippen LogP contribution in [-0.2, 0) is 18.1 Å². The summed E-state index contributed by atoms with van der Waals surface area (Å²) in [4.78, 5) is 0. The third-order valence-electron chi connectivity index (χ3n) is 4.26. The smallest absolute Gasteiger partial charge is 0.204 e.